The summed E-state index contributed by atoms with van der Waals surface area (Å²) in [6.07, 6.45) is 1.87. The molecule has 0 saturated carbocycles. The quantitative estimate of drug-likeness (QED) is 0.0512. The van der Waals surface area contributed by atoms with Gasteiger partial charge in [-0.25, -0.2) is 13.6 Å². The number of esters is 2. The maximum Gasteiger partial charge on any atom is 0.411 e. The Morgan fingerprint density at radius 2 is 1.06 bits per heavy atom. The van der Waals surface area contributed by atoms with E-state index in [1.54, 1.807) is 43.4 Å². The molecule has 0 unspecified atom stereocenters. The van der Waals surface area contributed by atoms with Crippen LogP contribution in [0.25, 0.3) is 0 Å². The molecule has 4 rings (SSSR count). The molecule has 2 aliphatic rings. The lowest BCUT2D eigenvalue weighted by Gasteiger charge is -2.45. The number of benzene rings is 2. The summed E-state index contributed by atoms with van der Waals surface area (Å²) >= 11 is 0. The molecule has 0 aliphatic carbocycles. The lowest BCUT2D eigenvalue weighted by atomic mass is 9.78. The first-order chi connectivity index (χ1) is 31.1. The van der Waals surface area contributed by atoms with Crippen molar-refractivity contribution in [3.05, 3.63) is 59.2 Å². The Morgan fingerprint density at radius 1 is 0.667 bits per heavy atom. The van der Waals surface area contributed by atoms with Gasteiger partial charge in [0.2, 0.25) is 0 Å². The summed E-state index contributed by atoms with van der Waals surface area (Å²) in [4.78, 5) is 44.6. The minimum atomic E-state index is -0.902. The van der Waals surface area contributed by atoms with E-state index in [1.807, 2.05) is 48.5 Å². The number of carbonyl (C=O) groups is 3. The number of amides is 1. The number of methoxy groups -OCH3 is 2. The Hall–Kier alpha value is -3.97. The van der Waals surface area contributed by atoms with E-state index in [1.165, 1.54) is 12.1 Å². The van der Waals surface area contributed by atoms with Crippen molar-refractivity contribution in [3.8, 4) is 11.5 Å². The van der Waals surface area contributed by atoms with Crippen LogP contribution in [-0.2, 0) is 46.1 Å². The fourth-order valence-corrected chi connectivity index (χ4v) is 9.29. The molecule has 8 atom stereocenters. The molecule has 0 bridgehead atoms. The van der Waals surface area contributed by atoms with E-state index >= 15 is 13.6 Å². The minimum absolute atomic E-state index is 0.00573. The van der Waals surface area contributed by atoms with Gasteiger partial charge in [-0.3, -0.25) is 14.5 Å². The summed E-state index contributed by atoms with van der Waals surface area (Å²) in [7, 11) is 3.22. The zero-order valence-corrected chi connectivity index (χ0v) is 42.2. The Bertz CT molecular complexity index is 1730. The van der Waals surface area contributed by atoms with Crippen molar-refractivity contribution in [1.29, 1.82) is 0 Å². The number of cyclic esters (lactones) is 2. The fraction of sp³-hybridized carbons (Fsp3) is 0.717. The van der Waals surface area contributed by atoms with Crippen molar-refractivity contribution in [3.63, 3.8) is 0 Å². The highest BCUT2D eigenvalue weighted by Gasteiger charge is 2.51. The van der Waals surface area contributed by atoms with Gasteiger partial charge in [0, 0.05) is 40.3 Å². The van der Waals surface area contributed by atoms with Crippen LogP contribution in [0.15, 0.2) is 36.4 Å². The van der Waals surface area contributed by atoms with E-state index in [4.69, 9.17) is 33.2 Å². The van der Waals surface area contributed by atoms with Crippen LogP contribution in [0.1, 0.15) is 126 Å². The van der Waals surface area contributed by atoms with Crippen LogP contribution >= 0.6 is 0 Å². The molecular formula is C53H81F2NO10. The largest absolute Gasteiger partial charge is 0.490 e. The number of hydrogen-bond donors (Lipinski definition) is 0. The third-order valence-electron chi connectivity index (χ3n) is 13.4. The second kappa shape index (κ2) is 25.4. The molecule has 2 heterocycles. The molecule has 2 saturated heterocycles. The molecule has 2 aromatic carbocycles. The molecule has 2 aromatic rings. The molecule has 1 amide bonds. The number of ether oxygens (including phenoxy) is 7. The second-order valence-electron chi connectivity index (χ2n) is 21.0. The molecule has 66 heavy (non-hydrogen) atoms. The average Bonchev–Trinajstić information content (AvgIpc) is 3.83. The lowest BCUT2D eigenvalue weighted by Crippen LogP contribution is -2.58. The van der Waals surface area contributed by atoms with Gasteiger partial charge < -0.3 is 33.2 Å². The summed E-state index contributed by atoms with van der Waals surface area (Å²) in [6.45, 7) is 23.5. The number of nitrogens with zero attached hydrogens (tertiary/aromatic N) is 1. The zero-order chi connectivity index (χ0) is 48.9. The predicted molar refractivity (Wildman–Crippen MR) is 251 cm³/mol. The second-order valence-corrected chi connectivity index (χ2v) is 21.0. The Balaban J connectivity index is 1.87. The van der Waals surface area contributed by atoms with E-state index < -0.39 is 47.6 Å². The van der Waals surface area contributed by atoms with Gasteiger partial charge in [-0.15, -0.1) is 0 Å². The highest BCUT2D eigenvalue weighted by molar-refractivity contribution is 5.76. The molecule has 372 valence electrons. The SMILES string of the molecule is COCCCOc1cc(C[C@@H](C[C@@H]([C@@H]2C[C@@H](C(C)C)C(=O)O2)N(C(=O)OC(C)(C)C)[C@@H](C[C@H](Cc2ccc(F)c(OCCCOC)c2)C(C)C)[C@@H]2C[C@@H](C(C)C)C(=O)O2)C(C)C)ccc1F. The minimum Gasteiger partial charge on any atom is -0.490 e. The Morgan fingerprint density at radius 3 is 1.38 bits per heavy atom. The van der Waals surface area contributed by atoms with Crippen molar-refractivity contribution in [2.24, 2.45) is 47.3 Å². The number of rotatable bonds is 26. The maximum atomic E-state index is 15.3. The smallest absolute Gasteiger partial charge is 0.411 e. The number of halogens is 2. The monoisotopic (exact) mass is 930 g/mol. The Labute approximate surface area is 394 Å². The molecule has 0 aromatic heterocycles. The van der Waals surface area contributed by atoms with Crippen molar-refractivity contribution in [2.75, 3.05) is 40.6 Å². The van der Waals surface area contributed by atoms with Crippen molar-refractivity contribution >= 4 is 18.0 Å². The highest BCUT2D eigenvalue weighted by Crippen LogP contribution is 2.42. The van der Waals surface area contributed by atoms with Gasteiger partial charge in [-0.2, -0.15) is 0 Å². The van der Waals surface area contributed by atoms with E-state index in [-0.39, 0.29) is 70.8 Å². The first kappa shape index (κ1) is 54.6. The van der Waals surface area contributed by atoms with Crippen LogP contribution in [0, 0.1) is 59.0 Å². The average molecular weight is 930 g/mol. The third kappa shape index (κ3) is 15.8. The molecule has 0 radical (unpaired) electrons. The van der Waals surface area contributed by atoms with E-state index in [0.717, 1.165) is 11.1 Å². The van der Waals surface area contributed by atoms with Gasteiger partial charge in [-0.05, 0) is 130 Å². The molecule has 0 spiro atoms. The first-order valence-corrected chi connectivity index (χ1v) is 24.4. The summed E-state index contributed by atoms with van der Waals surface area (Å²) in [5.41, 5.74) is 0.829. The van der Waals surface area contributed by atoms with Crippen molar-refractivity contribution in [1.82, 2.24) is 4.90 Å². The van der Waals surface area contributed by atoms with Crippen LogP contribution in [-0.4, -0.2) is 93.5 Å². The van der Waals surface area contributed by atoms with Crippen molar-refractivity contribution in [2.45, 2.75) is 157 Å². The highest BCUT2D eigenvalue weighted by atomic mass is 19.1. The Kier molecular flexibility index (Phi) is 21.0. The van der Waals surface area contributed by atoms with Crippen molar-refractivity contribution < 1.29 is 56.3 Å². The molecular weight excluding hydrogens is 849 g/mol. The molecule has 2 aliphatic heterocycles. The topological polar surface area (TPSA) is 119 Å². The predicted octanol–water partition coefficient (Wildman–Crippen LogP) is 11.1. The van der Waals surface area contributed by atoms with E-state index in [9.17, 15) is 9.59 Å². The zero-order valence-electron chi connectivity index (χ0n) is 42.2. The van der Waals surface area contributed by atoms with Crippen LogP contribution in [0.5, 0.6) is 11.5 Å². The molecule has 2 fully saturated rings. The van der Waals surface area contributed by atoms with Crippen LogP contribution in [0.3, 0.4) is 0 Å². The maximum absolute atomic E-state index is 15.3. The first-order valence-electron chi connectivity index (χ1n) is 24.4. The van der Waals surface area contributed by atoms with Gasteiger partial charge in [0.15, 0.2) is 23.1 Å². The van der Waals surface area contributed by atoms with Gasteiger partial charge in [0.1, 0.15) is 17.8 Å². The van der Waals surface area contributed by atoms with Crippen LogP contribution in [0.4, 0.5) is 13.6 Å². The number of carbonyl (C=O) groups excluding carboxylic acids is 3. The molecule has 11 nitrogen and oxygen atoms in total. The van der Waals surface area contributed by atoms with Gasteiger partial charge >= 0.3 is 18.0 Å². The van der Waals surface area contributed by atoms with Gasteiger partial charge in [0.05, 0.1) is 37.1 Å². The normalized spacial score (nSPS) is 20.7. The standard InChI is InChI=1S/C53H81F2NO10/c1-32(2)38(24-36-16-18-42(54)46(26-36)62-22-14-20-60-12)28-44(48-30-40(34(5)6)50(57)64-48)56(52(59)66-53(9,10)11)45(49-31-41(35(7)8)51(58)65-49)29-39(33(3)4)25-37-17-19-43(55)47(27-37)63-23-15-21-61-13/h16-19,26-27,32-35,38-41,44-45,48-49H,14-15,20-25,28-31H2,1-13H3/t38-,39-,40-,41-,44-,45-,48-,49-/m0/s1. The summed E-state index contributed by atoms with van der Waals surface area (Å²) in [5.74, 6) is -2.02. The summed E-state index contributed by atoms with van der Waals surface area (Å²) in [5, 5.41) is 0. The third-order valence-corrected chi connectivity index (χ3v) is 13.4. The molecule has 0 N–H and O–H groups in total. The van der Waals surface area contributed by atoms with E-state index in [2.05, 4.69) is 27.7 Å². The lowest BCUT2D eigenvalue weighted by molar-refractivity contribution is -0.150. The van der Waals surface area contributed by atoms with Crippen LogP contribution < -0.4 is 9.47 Å². The summed E-state index contributed by atoms with van der Waals surface area (Å²) in [6, 6.07) is 8.48. The van der Waals surface area contributed by atoms with Crippen LogP contribution in [0.2, 0.25) is 0 Å². The van der Waals surface area contributed by atoms with Gasteiger partial charge in [-0.1, -0.05) is 67.5 Å². The van der Waals surface area contributed by atoms with Gasteiger partial charge in [0.25, 0.3) is 0 Å². The summed E-state index contributed by atoms with van der Waals surface area (Å²) < 4.78 is 71.3. The van der Waals surface area contributed by atoms with E-state index in [0.29, 0.717) is 77.8 Å². The fourth-order valence-electron chi connectivity index (χ4n) is 9.29. The molecule has 13 heteroatoms. The number of hydrogen-bond acceptors (Lipinski definition) is 10.